The average molecular weight is 911 g/mol. The number of allylic oxidation sites excluding steroid dienone is 1. The molecule has 9 rings (SSSR count). The second-order valence-corrected chi connectivity index (χ2v) is 23.7. The van der Waals surface area contributed by atoms with E-state index >= 15 is 0 Å². The zero-order chi connectivity index (χ0) is 46.3. The summed E-state index contributed by atoms with van der Waals surface area (Å²) in [4.78, 5) is 0. The molecule has 25 atom stereocenters. The van der Waals surface area contributed by atoms with Crippen molar-refractivity contribution in [2.75, 3.05) is 19.8 Å². The van der Waals surface area contributed by atoms with Gasteiger partial charge in [0.15, 0.2) is 18.9 Å². The number of ether oxygens (including phenoxy) is 7. The quantitative estimate of drug-likeness (QED) is 0.124. The van der Waals surface area contributed by atoms with Crippen molar-refractivity contribution in [1.29, 1.82) is 0 Å². The maximum absolute atomic E-state index is 11.9. The first-order valence-corrected chi connectivity index (χ1v) is 24.2. The van der Waals surface area contributed by atoms with Gasteiger partial charge in [-0.25, -0.2) is 0 Å². The van der Waals surface area contributed by atoms with Gasteiger partial charge in [0.25, 0.3) is 0 Å². The van der Waals surface area contributed by atoms with Crippen molar-refractivity contribution >= 4 is 0 Å². The minimum Gasteiger partial charge on any atom is -0.396 e. The monoisotopic (exact) mass is 911 g/mol. The summed E-state index contributed by atoms with van der Waals surface area (Å²) in [6, 6.07) is 0. The molecule has 5 aliphatic carbocycles. The zero-order valence-corrected chi connectivity index (χ0v) is 39.0. The summed E-state index contributed by atoms with van der Waals surface area (Å²) in [5.41, 5.74) is -0.749. The highest BCUT2D eigenvalue weighted by Crippen LogP contribution is 2.79. The molecule has 9 aliphatic rings. The number of rotatable bonds is 8. The molecule has 0 aromatic rings. The second-order valence-electron chi connectivity index (χ2n) is 23.7. The lowest BCUT2D eigenvalue weighted by molar-refractivity contribution is -0.382. The average Bonchev–Trinajstić information content (AvgIpc) is 3.49. The molecular weight excluding hydrogens is 833 g/mol. The molecule has 4 heterocycles. The van der Waals surface area contributed by atoms with Crippen LogP contribution in [0.5, 0.6) is 0 Å². The minimum atomic E-state index is -1.85. The first-order valence-electron chi connectivity index (χ1n) is 24.2. The van der Waals surface area contributed by atoms with E-state index in [2.05, 4.69) is 53.7 Å². The summed E-state index contributed by atoms with van der Waals surface area (Å²) in [5, 5.41) is 98.3. The first kappa shape index (κ1) is 48.1. The Kier molecular flexibility index (Phi) is 12.3. The standard InChI is InChI=1S/C48H78O16/c1-23-30(51)32(53)34(55)39(59-23)63-37-25(20-49)61-40(35(56)33(37)54)64-38-31(52)24(2)60-41(36(38)57)62-29-11-12-43(5)26(44(29,6)21-50)9-13-45(7)27(43)10-14-48-28-19-42(3,4)15-17-47(28,22-58-48)18-16-46(45,48)8/h10,14,23-41,49-57H,9,11-13,15-22H2,1-8H3/t23-,24+,25+,26+,27+,28+,29-,30-,31-,32+,33+,34+,35+,36+,37+,38-,39-,40-,41-,43-,44-,45+,46-,47+,48-/m0/s1. The van der Waals surface area contributed by atoms with Gasteiger partial charge in [0.1, 0.15) is 61.0 Å². The number of aliphatic hydroxyl groups is 9. The molecule has 4 aliphatic heterocycles. The predicted molar refractivity (Wildman–Crippen MR) is 227 cm³/mol. The fourth-order valence-electron chi connectivity index (χ4n) is 15.7. The molecule has 16 heteroatoms. The third kappa shape index (κ3) is 6.80. The Morgan fingerprint density at radius 1 is 0.609 bits per heavy atom. The van der Waals surface area contributed by atoms with Gasteiger partial charge in [-0.1, -0.05) is 53.7 Å². The first-order chi connectivity index (χ1) is 30.0. The topological polar surface area (TPSA) is 247 Å². The molecule has 0 radical (unpaired) electrons. The Hall–Kier alpha value is -0.900. The Morgan fingerprint density at radius 2 is 1.23 bits per heavy atom. The van der Waals surface area contributed by atoms with Crippen LogP contribution in [-0.4, -0.2) is 170 Å². The van der Waals surface area contributed by atoms with Gasteiger partial charge < -0.3 is 79.1 Å². The fraction of sp³-hybridized carbons (Fsp3) is 0.958. The maximum atomic E-state index is 11.9. The van der Waals surface area contributed by atoms with Crippen molar-refractivity contribution in [2.45, 2.75) is 217 Å². The van der Waals surface area contributed by atoms with E-state index in [1.165, 1.54) is 32.6 Å². The smallest absolute Gasteiger partial charge is 0.187 e. The molecule has 0 aromatic heterocycles. The van der Waals surface area contributed by atoms with Crippen molar-refractivity contribution in [3.63, 3.8) is 0 Å². The van der Waals surface area contributed by atoms with Gasteiger partial charge in [-0.2, -0.15) is 0 Å². The fourth-order valence-corrected chi connectivity index (χ4v) is 15.7. The second kappa shape index (κ2) is 16.3. The van der Waals surface area contributed by atoms with Crippen molar-refractivity contribution in [2.24, 2.45) is 50.2 Å². The summed E-state index contributed by atoms with van der Waals surface area (Å²) < 4.78 is 43.2. The summed E-state index contributed by atoms with van der Waals surface area (Å²) in [5.74, 6) is 0.805. The van der Waals surface area contributed by atoms with E-state index in [9.17, 15) is 46.0 Å². The zero-order valence-electron chi connectivity index (χ0n) is 39.0. The van der Waals surface area contributed by atoms with Crippen LogP contribution in [0.2, 0.25) is 0 Å². The van der Waals surface area contributed by atoms with Crippen molar-refractivity contribution in [1.82, 2.24) is 0 Å². The van der Waals surface area contributed by atoms with Gasteiger partial charge in [-0.05, 0) is 105 Å². The molecule has 4 saturated heterocycles. The Morgan fingerprint density at radius 3 is 1.92 bits per heavy atom. The van der Waals surface area contributed by atoms with Crippen LogP contribution in [0, 0.1) is 50.2 Å². The van der Waals surface area contributed by atoms with Crippen LogP contribution in [0.3, 0.4) is 0 Å². The van der Waals surface area contributed by atoms with Gasteiger partial charge >= 0.3 is 0 Å². The molecule has 2 bridgehead atoms. The van der Waals surface area contributed by atoms with E-state index in [0.717, 1.165) is 32.3 Å². The Balaban J connectivity index is 0.910. The van der Waals surface area contributed by atoms with E-state index < -0.39 is 110 Å². The normalized spacial score (nSPS) is 59.0. The summed E-state index contributed by atoms with van der Waals surface area (Å²) in [7, 11) is 0. The molecule has 64 heavy (non-hydrogen) atoms. The number of fused-ring (bicyclic) bond motifs is 4. The molecule has 1 spiro atoms. The van der Waals surface area contributed by atoms with Crippen LogP contribution in [0.15, 0.2) is 12.2 Å². The van der Waals surface area contributed by atoms with E-state index in [1.807, 2.05) is 0 Å². The van der Waals surface area contributed by atoms with Gasteiger partial charge in [-0.15, -0.1) is 0 Å². The van der Waals surface area contributed by atoms with E-state index in [4.69, 9.17) is 33.2 Å². The summed E-state index contributed by atoms with van der Waals surface area (Å²) >= 11 is 0. The molecule has 0 amide bonds. The van der Waals surface area contributed by atoms with E-state index in [1.54, 1.807) is 6.92 Å². The molecule has 366 valence electrons. The lowest BCUT2D eigenvalue weighted by atomic mass is 9.32. The largest absolute Gasteiger partial charge is 0.396 e. The predicted octanol–water partition coefficient (Wildman–Crippen LogP) is 1.66. The van der Waals surface area contributed by atoms with Gasteiger partial charge in [0, 0.05) is 16.7 Å². The molecule has 0 aromatic carbocycles. The Bertz CT molecular complexity index is 1750. The number of hydrogen-bond donors (Lipinski definition) is 9. The third-order valence-corrected chi connectivity index (χ3v) is 19.9. The highest BCUT2D eigenvalue weighted by Gasteiger charge is 2.77. The lowest BCUT2D eigenvalue weighted by Crippen LogP contribution is -2.71. The van der Waals surface area contributed by atoms with Crippen molar-refractivity contribution < 1.29 is 79.1 Å². The van der Waals surface area contributed by atoms with E-state index in [0.29, 0.717) is 12.3 Å². The van der Waals surface area contributed by atoms with Crippen LogP contribution in [0.1, 0.15) is 113 Å². The van der Waals surface area contributed by atoms with Gasteiger partial charge in [0.05, 0.1) is 43.7 Å². The van der Waals surface area contributed by atoms with Crippen LogP contribution < -0.4 is 0 Å². The summed E-state index contributed by atoms with van der Waals surface area (Å²) in [6.07, 6.45) is -8.41. The molecule has 8 fully saturated rings. The van der Waals surface area contributed by atoms with Crippen LogP contribution in [-0.2, 0) is 33.2 Å². The van der Waals surface area contributed by atoms with Gasteiger partial charge in [0.2, 0.25) is 0 Å². The summed E-state index contributed by atoms with van der Waals surface area (Å²) in [6.45, 7) is 17.4. The highest BCUT2D eigenvalue weighted by molar-refractivity contribution is 5.35. The SMILES string of the molecule is C[C@@H]1O[C@@H](O[C@H]2[C@H](O)[C@@H](O)[C@H](O[C@H]3[C@@H](O)[C@@H](C)O[C@@H](O[C@H]4CC[C@@]5(C)[C@@H](CC[C@]6(C)[C@@H]5C=C[C@]57OC[C@@]8(CCC(C)(C)C[C@H]85)CC[C@]76C)[C@]4(C)CO)[C@@H]3O)O[C@@H]2CO)[C@H](O)[C@H](O)[C@H]1O. The molecule has 0 unspecified atom stereocenters. The molecule has 16 nitrogen and oxygen atoms in total. The highest BCUT2D eigenvalue weighted by atomic mass is 16.8. The molecule has 9 N–H and O–H groups in total. The van der Waals surface area contributed by atoms with Crippen LogP contribution in [0.4, 0.5) is 0 Å². The van der Waals surface area contributed by atoms with Crippen LogP contribution >= 0.6 is 0 Å². The molecular formula is C48H78O16. The number of hydrogen-bond acceptors (Lipinski definition) is 16. The minimum absolute atomic E-state index is 0.0377. The Labute approximate surface area is 377 Å². The maximum Gasteiger partial charge on any atom is 0.187 e. The lowest BCUT2D eigenvalue weighted by Gasteiger charge is -2.73. The van der Waals surface area contributed by atoms with E-state index in [-0.39, 0.29) is 51.1 Å². The van der Waals surface area contributed by atoms with Crippen LogP contribution in [0.25, 0.3) is 0 Å². The van der Waals surface area contributed by atoms with Crippen molar-refractivity contribution in [3.8, 4) is 0 Å². The third-order valence-electron chi connectivity index (χ3n) is 19.9. The van der Waals surface area contributed by atoms with Crippen molar-refractivity contribution in [3.05, 3.63) is 12.2 Å². The number of aliphatic hydroxyl groups excluding tert-OH is 9. The van der Waals surface area contributed by atoms with Gasteiger partial charge in [-0.3, -0.25) is 0 Å². The molecule has 4 saturated carbocycles.